The van der Waals surface area contributed by atoms with Crippen LogP contribution in [-0.2, 0) is 10.0 Å². The predicted molar refractivity (Wildman–Crippen MR) is 101 cm³/mol. The Morgan fingerprint density at radius 3 is 1.76 bits per heavy atom. The van der Waals surface area contributed by atoms with Gasteiger partial charge in [0.25, 0.3) is 0 Å². The van der Waals surface area contributed by atoms with E-state index in [0.717, 1.165) is 11.3 Å². The molecule has 1 unspecified atom stereocenters. The fourth-order valence-corrected chi connectivity index (χ4v) is 3.86. The monoisotopic (exact) mass is 362 g/mol. The molecule has 136 valence electrons. The quantitative estimate of drug-likeness (QED) is 0.858. The maximum atomic E-state index is 12.3. The minimum absolute atomic E-state index is 0.182. The molecule has 0 aliphatic heterocycles. The first kappa shape index (κ1) is 19.4. The van der Waals surface area contributed by atoms with Gasteiger partial charge < -0.3 is 10.0 Å². The molecule has 2 aromatic carbocycles. The summed E-state index contributed by atoms with van der Waals surface area (Å²) in [6.07, 6.45) is -0.802. The number of nitrogens with one attached hydrogen (secondary N) is 1. The van der Waals surface area contributed by atoms with Crippen LogP contribution < -0.4 is 9.62 Å². The summed E-state index contributed by atoms with van der Waals surface area (Å²) in [5, 5.41) is 10.5. The summed E-state index contributed by atoms with van der Waals surface area (Å²) >= 11 is 0. The Hall–Kier alpha value is -1.89. The molecule has 2 N–H and O–H groups in total. The van der Waals surface area contributed by atoms with Crippen LogP contribution >= 0.6 is 0 Å². The van der Waals surface area contributed by atoms with E-state index < -0.39 is 21.7 Å². The van der Waals surface area contributed by atoms with Gasteiger partial charge in [0.2, 0.25) is 10.0 Å². The van der Waals surface area contributed by atoms with Gasteiger partial charge in [-0.25, -0.2) is 13.1 Å². The maximum absolute atomic E-state index is 12.3. The summed E-state index contributed by atoms with van der Waals surface area (Å²) in [6.45, 7) is 5.38. The highest BCUT2D eigenvalue weighted by Crippen LogP contribution is 2.25. The van der Waals surface area contributed by atoms with E-state index in [1.54, 1.807) is 32.9 Å². The highest BCUT2D eigenvalue weighted by atomic mass is 32.2. The molecule has 5 nitrogen and oxygen atoms in total. The van der Waals surface area contributed by atoms with E-state index in [-0.39, 0.29) is 4.90 Å². The van der Waals surface area contributed by atoms with E-state index in [4.69, 9.17) is 0 Å². The number of sulfonamides is 1. The molecule has 0 saturated heterocycles. The maximum Gasteiger partial charge on any atom is 0.241 e. The number of anilines is 1. The first-order valence-corrected chi connectivity index (χ1v) is 9.57. The molecule has 0 saturated carbocycles. The van der Waals surface area contributed by atoms with Gasteiger partial charge in [-0.1, -0.05) is 24.3 Å². The summed E-state index contributed by atoms with van der Waals surface area (Å²) in [5.74, 6) is 0. The topological polar surface area (TPSA) is 69.6 Å². The van der Waals surface area contributed by atoms with Crippen LogP contribution in [0, 0.1) is 0 Å². The molecule has 25 heavy (non-hydrogen) atoms. The molecule has 0 radical (unpaired) electrons. The zero-order valence-electron chi connectivity index (χ0n) is 15.3. The number of aliphatic hydroxyl groups is 1. The molecule has 0 aliphatic carbocycles. The van der Waals surface area contributed by atoms with Gasteiger partial charge in [0.05, 0.1) is 4.90 Å². The Morgan fingerprint density at radius 1 is 0.920 bits per heavy atom. The van der Waals surface area contributed by atoms with Gasteiger partial charge in [0.15, 0.2) is 0 Å². The Labute approximate surface area is 150 Å². The number of benzene rings is 2. The molecule has 0 aromatic heterocycles. The van der Waals surface area contributed by atoms with Crippen LogP contribution in [0.4, 0.5) is 5.69 Å². The standard InChI is InChI=1S/C19H26N2O3S/c1-19(2,3)20-25(23,24)17-12-8-15(9-13-17)18(22)14-6-10-16(11-7-14)21(4)5/h6-13,18,20,22H,1-5H3. The van der Waals surface area contributed by atoms with Crippen LogP contribution in [0.2, 0.25) is 0 Å². The first-order valence-electron chi connectivity index (χ1n) is 8.09. The molecule has 1 atom stereocenters. The third-order valence-corrected chi connectivity index (χ3v) is 5.45. The lowest BCUT2D eigenvalue weighted by molar-refractivity contribution is 0.220. The summed E-state index contributed by atoms with van der Waals surface area (Å²) in [5.41, 5.74) is 1.90. The smallest absolute Gasteiger partial charge is 0.241 e. The number of aliphatic hydroxyl groups excluding tert-OH is 1. The predicted octanol–water partition coefficient (Wildman–Crippen LogP) is 2.91. The first-order chi connectivity index (χ1) is 11.5. The van der Waals surface area contributed by atoms with Gasteiger partial charge in [0.1, 0.15) is 6.10 Å². The van der Waals surface area contributed by atoms with Gasteiger partial charge in [-0.3, -0.25) is 0 Å². The van der Waals surface area contributed by atoms with E-state index >= 15 is 0 Å². The average Bonchev–Trinajstić information content (AvgIpc) is 2.52. The van der Waals surface area contributed by atoms with E-state index in [9.17, 15) is 13.5 Å². The Morgan fingerprint density at radius 2 is 1.36 bits per heavy atom. The average molecular weight is 362 g/mol. The van der Waals surface area contributed by atoms with Crippen molar-refractivity contribution in [1.29, 1.82) is 0 Å². The van der Waals surface area contributed by atoms with Crippen LogP contribution in [0.5, 0.6) is 0 Å². The van der Waals surface area contributed by atoms with Crippen molar-refractivity contribution >= 4 is 15.7 Å². The van der Waals surface area contributed by atoms with Crippen molar-refractivity contribution in [3.8, 4) is 0 Å². The Balaban J connectivity index is 2.21. The molecule has 0 spiro atoms. The van der Waals surface area contributed by atoms with Gasteiger partial charge >= 0.3 is 0 Å². The normalized spacial score (nSPS) is 13.5. The van der Waals surface area contributed by atoms with Gasteiger partial charge in [-0.05, 0) is 56.2 Å². The SMILES string of the molecule is CN(C)c1ccc(C(O)c2ccc(S(=O)(=O)NC(C)(C)C)cc2)cc1. The van der Waals surface area contributed by atoms with Crippen LogP contribution in [-0.4, -0.2) is 33.2 Å². The van der Waals surface area contributed by atoms with Crippen LogP contribution in [0.25, 0.3) is 0 Å². The highest BCUT2D eigenvalue weighted by Gasteiger charge is 2.22. The molecule has 0 fully saturated rings. The molecule has 0 heterocycles. The minimum atomic E-state index is -3.58. The van der Waals surface area contributed by atoms with Crippen molar-refractivity contribution in [2.24, 2.45) is 0 Å². The Bertz CT molecular complexity index is 805. The summed E-state index contributed by atoms with van der Waals surface area (Å²) in [6, 6.07) is 13.9. The van der Waals surface area contributed by atoms with Crippen LogP contribution in [0.3, 0.4) is 0 Å². The van der Waals surface area contributed by atoms with E-state index in [1.807, 2.05) is 43.3 Å². The second-order valence-corrected chi connectivity index (χ2v) is 9.00. The minimum Gasteiger partial charge on any atom is -0.384 e. The van der Waals surface area contributed by atoms with Gasteiger partial charge in [-0.15, -0.1) is 0 Å². The van der Waals surface area contributed by atoms with Crippen molar-refractivity contribution in [1.82, 2.24) is 4.72 Å². The van der Waals surface area contributed by atoms with Crippen molar-refractivity contribution < 1.29 is 13.5 Å². The van der Waals surface area contributed by atoms with Crippen molar-refractivity contribution in [2.45, 2.75) is 37.3 Å². The molecule has 2 rings (SSSR count). The number of hydrogen-bond donors (Lipinski definition) is 2. The second-order valence-electron chi connectivity index (χ2n) is 7.31. The number of hydrogen-bond acceptors (Lipinski definition) is 4. The van der Waals surface area contributed by atoms with Crippen LogP contribution in [0.15, 0.2) is 53.4 Å². The molecule has 2 aromatic rings. The molecule has 0 bridgehead atoms. The molecule has 0 aliphatic rings. The number of nitrogens with zero attached hydrogens (tertiary/aromatic N) is 1. The number of rotatable bonds is 5. The molecular formula is C19H26N2O3S. The van der Waals surface area contributed by atoms with Gasteiger partial charge in [0, 0.05) is 25.3 Å². The molecule has 0 amide bonds. The zero-order valence-corrected chi connectivity index (χ0v) is 16.1. The van der Waals surface area contributed by atoms with Crippen molar-refractivity contribution in [3.05, 3.63) is 59.7 Å². The third kappa shape index (κ3) is 5.04. The lowest BCUT2D eigenvalue weighted by Crippen LogP contribution is -2.40. The van der Waals surface area contributed by atoms with Crippen LogP contribution in [0.1, 0.15) is 38.0 Å². The largest absolute Gasteiger partial charge is 0.384 e. The highest BCUT2D eigenvalue weighted by molar-refractivity contribution is 7.89. The lowest BCUT2D eigenvalue weighted by Gasteiger charge is -2.20. The fourth-order valence-electron chi connectivity index (χ4n) is 2.44. The Kier molecular flexibility index (Phi) is 5.56. The molecule has 6 heteroatoms. The van der Waals surface area contributed by atoms with Gasteiger partial charge in [-0.2, -0.15) is 0 Å². The van der Waals surface area contributed by atoms with E-state index in [2.05, 4.69) is 4.72 Å². The second kappa shape index (κ2) is 7.15. The summed E-state index contributed by atoms with van der Waals surface area (Å²) in [4.78, 5) is 2.17. The molecular weight excluding hydrogens is 336 g/mol. The zero-order chi connectivity index (χ0) is 18.8. The summed E-state index contributed by atoms with van der Waals surface area (Å²) in [7, 11) is 0.332. The van der Waals surface area contributed by atoms with E-state index in [0.29, 0.717) is 5.56 Å². The van der Waals surface area contributed by atoms with Crippen molar-refractivity contribution in [3.63, 3.8) is 0 Å². The third-order valence-electron chi connectivity index (χ3n) is 3.67. The lowest BCUT2D eigenvalue weighted by atomic mass is 10.0. The fraction of sp³-hybridized carbons (Fsp3) is 0.368. The summed E-state index contributed by atoms with van der Waals surface area (Å²) < 4.78 is 27.3. The van der Waals surface area contributed by atoms with Crippen molar-refractivity contribution in [2.75, 3.05) is 19.0 Å². The van der Waals surface area contributed by atoms with E-state index in [1.165, 1.54) is 12.1 Å².